The van der Waals surface area contributed by atoms with Crippen LogP contribution in [-0.2, 0) is 52.6 Å². The first-order valence-corrected chi connectivity index (χ1v) is 31.7. The number of phenolic OH excluding ortho intramolecular Hbond substituents is 2. The highest BCUT2D eigenvalue weighted by atomic mass is 35.5. The molecule has 7 aliphatic rings. The fraction of sp³-hybridized carbons (Fsp3) is 0.415. The van der Waals surface area contributed by atoms with Crippen molar-refractivity contribution in [2.45, 2.75) is 150 Å². The van der Waals surface area contributed by atoms with Crippen LogP contribution in [0.4, 0.5) is 0 Å². The van der Waals surface area contributed by atoms with Gasteiger partial charge < -0.3 is 117 Å². The smallest absolute Gasteiger partial charge is 0.330 e. The van der Waals surface area contributed by atoms with Crippen molar-refractivity contribution in [3.8, 4) is 51.4 Å². The standard InChI is InChI=1S/C65H72Cl2N8O23/c1-24(2)16-34(69-4)58(85)74-50-52(81)27-9-13-39(32(66)18-27)94-41-20-29-21-42(56(41)98-65-57(55(84)54(83)43(23-76)96-65)97-45-15-12-36(77)25(3)93-45)95-40-14-10-28(19-33(40)67)53(82)51-63(90)73-49(64(91)92)30-6-5-7-38(79)46(30)31-17-26(8-11-37(31)78)47(60(87)75-51)72-61(88)48(29)71-59(86)35(22-44(68)80)70-62(50)89/h5-11,13-14,17-21,24-25,34-36,43,45,47-55,57,65,69,76-79,81-84H,12,15-16,22-23H2,1-4H3,(H2,68,80)(H,70,89)(H,71,86)(H,72,88)(H,73,90)(H,74,85)(H,75,87)(H,91,92)/t25?,34-,35+,36?,43?,45?,47?,48-,49+,50-,51+,52-,53-,54?,55?,57?,65?/m1/s1. The number of rotatable bonds is 13. The molecule has 0 radical (unpaired) electrons. The number of carboxylic acids is 1. The number of nitrogens with one attached hydrogen (secondary N) is 7. The van der Waals surface area contributed by atoms with Crippen LogP contribution in [-0.4, -0.2) is 180 Å². The Kier molecular flexibility index (Phi) is 22.0. The zero-order valence-corrected chi connectivity index (χ0v) is 54.1. The van der Waals surface area contributed by atoms with Crippen molar-refractivity contribution in [1.82, 2.24) is 37.2 Å². The third kappa shape index (κ3) is 15.3. The van der Waals surface area contributed by atoms with Gasteiger partial charge in [0.05, 0.1) is 41.3 Å². The summed E-state index contributed by atoms with van der Waals surface area (Å²) in [5, 5.41) is 119. The summed E-state index contributed by atoms with van der Waals surface area (Å²) in [6, 6.07) is 2.15. The van der Waals surface area contributed by atoms with Crippen molar-refractivity contribution in [2.24, 2.45) is 11.7 Å². The fourth-order valence-electron chi connectivity index (χ4n) is 12.0. The van der Waals surface area contributed by atoms with E-state index in [2.05, 4.69) is 37.2 Å². The molecule has 2 fully saturated rings. The number of amides is 7. The van der Waals surface area contributed by atoms with Crippen molar-refractivity contribution < 1.29 is 113 Å². The van der Waals surface area contributed by atoms with Crippen LogP contribution in [0.25, 0.3) is 11.1 Å². The molecular formula is C65H72Cl2N8O23. The minimum Gasteiger partial charge on any atom is -0.507 e. The molecule has 11 bridgehead atoms. The van der Waals surface area contributed by atoms with Gasteiger partial charge in [0.15, 0.2) is 29.9 Å². The predicted molar refractivity (Wildman–Crippen MR) is 340 cm³/mol. The molecule has 5 aromatic rings. The number of ether oxygens (including phenoxy) is 6. The van der Waals surface area contributed by atoms with E-state index in [1.807, 2.05) is 13.8 Å². The van der Waals surface area contributed by atoms with Gasteiger partial charge in [0.1, 0.15) is 83.7 Å². The SMILES string of the molecule is CN[C@H](CC(C)C)C(=O)N[C@H]1C(=O)N[C@@H](CC(N)=O)C(=O)N[C@H]2C(=O)NC3C(=O)N[C@H](C(=O)N[C@H](C(=O)O)c4cccc(O)c4-c4cc3ccc4O)[C@H](O)c3ccc(c(Cl)c3)Oc3cc2cc(c3OC2OC(CO)C(O)C(O)C2OC2CCC(O)C(C)O2)Oc2ccc(cc2Cl)[C@H]1O. The van der Waals surface area contributed by atoms with Gasteiger partial charge in [-0.25, -0.2) is 4.79 Å². The van der Waals surface area contributed by atoms with Gasteiger partial charge in [-0.3, -0.25) is 33.6 Å². The lowest BCUT2D eigenvalue weighted by Gasteiger charge is -2.44. The Morgan fingerprint density at radius 2 is 1.32 bits per heavy atom. The van der Waals surface area contributed by atoms with Gasteiger partial charge in [-0.2, -0.15) is 0 Å². The van der Waals surface area contributed by atoms with Crippen LogP contribution in [0.2, 0.25) is 10.0 Å². The van der Waals surface area contributed by atoms with Gasteiger partial charge in [-0.1, -0.05) is 67.4 Å². The molecule has 7 heterocycles. The molecule has 2 saturated heterocycles. The Balaban J connectivity index is 1.23. The molecule has 7 aliphatic heterocycles. The third-order valence-corrected chi connectivity index (χ3v) is 17.8. The van der Waals surface area contributed by atoms with Crippen LogP contribution < -0.4 is 57.2 Å². The fourth-order valence-corrected chi connectivity index (χ4v) is 12.5. The molecule has 18 N–H and O–H groups in total. The second kappa shape index (κ2) is 30.0. The van der Waals surface area contributed by atoms with Gasteiger partial charge in [0.25, 0.3) is 0 Å². The number of likely N-dealkylation sites (N-methyl/N-ethyl adjacent to an activating group) is 1. The van der Waals surface area contributed by atoms with Gasteiger partial charge in [-0.05, 0) is 115 Å². The highest BCUT2D eigenvalue weighted by molar-refractivity contribution is 6.32. The minimum atomic E-state index is -2.30. The molecule has 0 aromatic heterocycles. The number of aromatic hydroxyl groups is 2. The number of aliphatic carboxylic acids is 1. The van der Waals surface area contributed by atoms with Gasteiger partial charge >= 0.3 is 5.97 Å². The zero-order valence-electron chi connectivity index (χ0n) is 52.6. The Labute approximate surface area is 567 Å². The number of phenols is 2. The summed E-state index contributed by atoms with van der Waals surface area (Å²) >= 11 is 14.1. The molecule has 0 saturated carbocycles. The van der Waals surface area contributed by atoms with E-state index in [-0.39, 0.29) is 75.1 Å². The topological polar surface area (TPSA) is 484 Å². The normalized spacial score (nSPS) is 28.4. The molecular weight excluding hydrogens is 1330 g/mol. The lowest BCUT2D eigenvalue weighted by molar-refractivity contribution is -0.329. The molecule has 98 heavy (non-hydrogen) atoms. The van der Waals surface area contributed by atoms with Crippen molar-refractivity contribution in [1.29, 1.82) is 0 Å². The second-order valence-electron chi connectivity index (χ2n) is 24.5. The predicted octanol–water partition coefficient (Wildman–Crippen LogP) is 1.07. The lowest BCUT2D eigenvalue weighted by atomic mass is 9.90. The molecule has 7 amide bonds. The molecule has 17 atom stereocenters. The Morgan fingerprint density at radius 3 is 1.92 bits per heavy atom. The summed E-state index contributed by atoms with van der Waals surface area (Å²) in [7, 11) is 1.48. The van der Waals surface area contributed by atoms with Gasteiger partial charge in [0, 0.05) is 17.5 Å². The van der Waals surface area contributed by atoms with E-state index in [0.29, 0.717) is 0 Å². The van der Waals surface area contributed by atoms with E-state index in [4.69, 9.17) is 57.4 Å². The summed E-state index contributed by atoms with van der Waals surface area (Å²) in [4.78, 5) is 117. The van der Waals surface area contributed by atoms with Gasteiger partial charge in [-0.15, -0.1) is 0 Å². The van der Waals surface area contributed by atoms with E-state index < -0.39 is 203 Å². The first-order valence-electron chi connectivity index (χ1n) is 31.0. The average molecular weight is 1400 g/mol. The summed E-state index contributed by atoms with van der Waals surface area (Å²) < 4.78 is 38.2. The second-order valence-corrected chi connectivity index (χ2v) is 25.3. The molecule has 0 aliphatic carbocycles. The van der Waals surface area contributed by atoms with Crippen LogP contribution in [0, 0.1) is 5.92 Å². The summed E-state index contributed by atoms with van der Waals surface area (Å²) in [6.45, 7) is 4.28. The van der Waals surface area contributed by atoms with Crippen LogP contribution >= 0.6 is 23.2 Å². The summed E-state index contributed by atoms with van der Waals surface area (Å²) in [5.74, 6) is -14.3. The Bertz CT molecular complexity index is 3920. The highest BCUT2D eigenvalue weighted by Gasteiger charge is 2.50. The molecule has 12 rings (SSSR count). The maximum absolute atomic E-state index is 16.0. The first kappa shape index (κ1) is 71.8. The largest absolute Gasteiger partial charge is 0.507 e. The van der Waals surface area contributed by atoms with Crippen LogP contribution in [0.5, 0.6) is 40.2 Å². The maximum atomic E-state index is 16.0. The molecule has 5 aromatic carbocycles. The Morgan fingerprint density at radius 1 is 0.694 bits per heavy atom. The molecule has 33 heteroatoms. The average Bonchev–Trinajstić information content (AvgIpc) is 0.774. The first-order chi connectivity index (χ1) is 46.5. The number of halogens is 2. The van der Waals surface area contributed by atoms with Crippen molar-refractivity contribution in [3.05, 3.63) is 123 Å². The monoisotopic (exact) mass is 1400 g/mol. The Hall–Kier alpha value is -8.96. The van der Waals surface area contributed by atoms with E-state index in [1.54, 1.807) is 6.92 Å². The zero-order chi connectivity index (χ0) is 70.9. The maximum Gasteiger partial charge on any atom is 0.330 e. The van der Waals surface area contributed by atoms with E-state index in [9.17, 15) is 69.9 Å². The number of hydrogen-bond donors (Lipinski definition) is 17. The van der Waals surface area contributed by atoms with Crippen LogP contribution in [0.3, 0.4) is 0 Å². The number of carbonyl (C=O) groups is 8. The number of carbonyl (C=O) groups excluding carboxylic acids is 7. The number of benzene rings is 5. The third-order valence-electron chi connectivity index (χ3n) is 17.2. The number of primary amides is 1. The quantitative estimate of drug-likeness (QED) is 0.0784. The molecule has 31 nitrogen and oxygen atoms in total. The summed E-state index contributed by atoms with van der Waals surface area (Å²) in [5.41, 5.74) is 3.58. The summed E-state index contributed by atoms with van der Waals surface area (Å²) in [6.07, 6.45) is -17.0. The van der Waals surface area contributed by atoms with Crippen LogP contribution in [0.1, 0.15) is 105 Å². The number of aliphatic hydroxyl groups is 6. The molecule has 524 valence electrons. The lowest BCUT2D eigenvalue weighted by Crippen LogP contribution is -2.62. The molecule has 9 unspecified atom stereocenters. The van der Waals surface area contributed by atoms with Crippen molar-refractivity contribution in [2.75, 3.05) is 13.7 Å². The highest BCUT2D eigenvalue weighted by Crippen LogP contribution is 2.49. The molecule has 0 spiro atoms. The van der Waals surface area contributed by atoms with Gasteiger partial charge in [0.2, 0.25) is 53.4 Å². The minimum absolute atomic E-state index is 0.0356. The van der Waals surface area contributed by atoms with E-state index >= 15 is 14.4 Å². The van der Waals surface area contributed by atoms with Crippen molar-refractivity contribution in [3.63, 3.8) is 0 Å². The number of aliphatic hydroxyl groups excluding tert-OH is 6. The van der Waals surface area contributed by atoms with E-state index in [1.165, 1.54) is 37.4 Å². The van der Waals surface area contributed by atoms with E-state index in [0.717, 1.165) is 54.6 Å². The number of fused-ring (bicyclic) bond motifs is 15. The number of carboxylic acid groups (broad SMARTS) is 1. The van der Waals surface area contributed by atoms with Crippen LogP contribution in [0.15, 0.2) is 84.9 Å². The number of nitrogens with two attached hydrogens (primary N) is 1. The number of hydrogen-bond acceptors (Lipinski definition) is 23. The van der Waals surface area contributed by atoms with Crippen molar-refractivity contribution >= 4 is 70.5 Å².